The van der Waals surface area contributed by atoms with Gasteiger partial charge >= 0.3 is 7.60 Å². The molecule has 0 saturated carbocycles. The Bertz CT molecular complexity index is 948. The molecule has 27 heavy (non-hydrogen) atoms. The third kappa shape index (κ3) is 4.22. The molecule has 1 atom stereocenters. The van der Waals surface area contributed by atoms with E-state index in [-0.39, 0.29) is 17.0 Å². The van der Waals surface area contributed by atoms with Gasteiger partial charge in [0.1, 0.15) is 16.8 Å². The molecule has 0 bridgehead atoms. The monoisotopic (exact) mass is 384 g/mol. The molecule has 0 radical (unpaired) electrons. The molecule has 3 aromatic rings. The van der Waals surface area contributed by atoms with Crippen LogP contribution in [0.15, 0.2) is 72.8 Å². The van der Waals surface area contributed by atoms with Crippen molar-refractivity contribution in [1.82, 2.24) is 0 Å². The highest BCUT2D eigenvalue weighted by Crippen LogP contribution is 2.40. The van der Waals surface area contributed by atoms with Crippen LogP contribution in [0.2, 0.25) is 0 Å². The molecule has 140 valence electrons. The second-order valence-electron chi connectivity index (χ2n) is 6.09. The Morgan fingerprint density at radius 3 is 1.93 bits per heavy atom. The highest BCUT2D eigenvalue weighted by molar-refractivity contribution is 7.60. The van der Waals surface area contributed by atoms with E-state index < -0.39 is 7.60 Å². The quantitative estimate of drug-likeness (QED) is 0.501. The Morgan fingerprint density at radius 1 is 0.778 bits per heavy atom. The number of hydrogen-bond donors (Lipinski definition) is 2. The van der Waals surface area contributed by atoms with Crippen LogP contribution in [0.25, 0.3) is 0 Å². The lowest BCUT2D eigenvalue weighted by Gasteiger charge is -2.21. The van der Waals surface area contributed by atoms with E-state index in [0.717, 1.165) is 22.4 Å². The van der Waals surface area contributed by atoms with Crippen molar-refractivity contribution in [2.45, 2.75) is 5.92 Å². The molecule has 1 unspecified atom stereocenters. The van der Waals surface area contributed by atoms with Crippen molar-refractivity contribution >= 4 is 12.9 Å². The Labute approximate surface area is 158 Å². The maximum absolute atomic E-state index is 11.9. The molecule has 0 aliphatic carbocycles. The van der Waals surface area contributed by atoms with Crippen molar-refractivity contribution in [3.05, 3.63) is 89.5 Å². The van der Waals surface area contributed by atoms with E-state index in [1.54, 1.807) is 13.2 Å². The fourth-order valence-corrected chi connectivity index (χ4v) is 3.90. The zero-order chi connectivity index (χ0) is 19.4. The summed E-state index contributed by atoms with van der Waals surface area (Å²) in [5.74, 6) is 0.734. The first kappa shape index (κ1) is 19.2. The van der Waals surface area contributed by atoms with Crippen LogP contribution in [0.3, 0.4) is 0 Å². The van der Waals surface area contributed by atoms with Crippen molar-refractivity contribution in [3.8, 4) is 11.5 Å². The molecule has 3 rings (SSSR count). The second-order valence-corrected chi connectivity index (χ2v) is 7.66. The minimum Gasteiger partial charge on any atom is -0.497 e. The van der Waals surface area contributed by atoms with Crippen LogP contribution in [0.1, 0.15) is 22.6 Å². The first-order valence-corrected chi connectivity index (χ1v) is 9.98. The minimum absolute atomic E-state index is 0.114. The second kappa shape index (κ2) is 7.97. The van der Waals surface area contributed by atoms with Gasteiger partial charge in [-0.25, -0.2) is 0 Å². The molecule has 0 saturated heterocycles. The van der Waals surface area contributed by atoms with E-state index in [1.807, 2.05) is 60.7 Å². The van der Waals surface area contributed by atoms with Gasteiger partial charge in [-0.05, 0) is 41.0 Å². The van der Waals surface area contributed by atoms with Gasteiger partial charge in [0.25, 0.3) is 0 Å². The Hall–Kier alpha value is -2.59. The zero-order valence-corrected chi connectivity index (χ0v) is 16.0. The molecule has 0 spiro atoms. The van der Waals surface area contributed by atoms with E-state index in [0.29, 0.717) is 0 Å². The van der Waals surface area contributed by atoms with Gasteiger partial charge in [0.2, 0.25) is 0 Å². The average Bonchev–Trinajstić information content (AvgIpc) is 2.69. The Balaban J connectivity index is 2.17. The summed E-state index contributed by atoms with van der Waals surface area (Å²) >= 11 is 0. The van der Waals surface area contributed by atoms with Crippen molar-refractivity contribution in [1.29, 1.82) is 0 Å². The first-order chi connectivity index (χ1) is 12.9. The number of hydrogen-bond acceptors (Lipinski definition) is 3. The summed E-state index contributed by atoms with van der Waals surface area (Å²) in [5, 5.41) is -0.114. The maximum Gasteiger partial charge on any atom is 0.359 e. The number of rotatable bonds is 6. The molecule has 3 aromatic carbocycles. The first-order valence-electron chi connectivity index (χ1n) is 8.37. The van der Waals surface area contributed by atoms with Crippen molar-refractivity contribution in [3.63, 3.8) is 0 Å². The van der Waals surface area contributed by atoms with Crippen LogP contribution < -0.4 is 14.8 Å². The molecule has 0 heterocycles. The smallest absolute Gasteiger partial charge is 0.359 e. The van der Waals surface area contributed by atoms with E-state index in [9.17, 15) is 14.4 Å². The molecule has 0 fully saturated rings. The van der Waals surface area contributed by atoms with Gasteiger partial charge in [0, 0.05) is 5.92 Å². The highest BCUT2D eigenvalue weighted by Gasteiger charge is 2.26. The Kier molecular flexibility index (Phi) is 5.66. The normalized spacial score (nSPS) is 12.4. The zero-order valence-electron chi connectivity index (χ0n) is 15.1. The molecular formula is C21H21O5P. The topological polar surface area (TPSA) is 76.0 Å². The van der Waals surface area contributed by atoms with Crippen molar-refractivity contribution in [2.24, 2.45) is 0 Å². The summed E-state index contributed by atoms with van der Waals surface area (Å²) in [6, 6.07) is 22.4. The van der Waals surface area contributed by atoms with E-state index >= 15 is 0 Å². The molecule has 2 N–H and O–H groups in total. The van der Waals surface area contributed by atoms with Crippen LogP contribution in [-0.4, -0.2) is 24.0 Å². The van der Waals surface area contributed by atoms with Crippen LogP contribution in [-0.2, 0) is 4.57 Å². The lowest BCUT2D eigenvalue weighted by molar-refractivity contribution is 0.380. The SMILES string of the molecule is COc1ccc(C(c2ccccc2)c2ccc(OC)c(P(=O)(O)O)c2)cc1. The molecule has 6 heteroatoms. The van der Waals surface area contributed by atoms with Gasteiger partial charge in [-0.3, -0.25) is 4.57 Å². The van der Waals surface area contributed by atoms with Gasteiger partial charge in [-0.1, -0.05) is 48.5 Å². The van der Waals surface area contributed by atoms with Crippen molar-refractivity contribution in [2.75, 3.05) is 14.2 Å². The van der Waals surface area contributed by atoms with Gasteiger partial charge in [-0.2, -0.15) is 0 Å². The maximum atomic E-state index is 11.9. The number of ether oxygens (including phenoxy) is 2. The molecule has 0 aliphatic heterocycles. The third-order valence-electron chi connectivity index (χ3n) is 4.43. The summed E-state index contributed by atoms with van der Waals surface area (Å²) in [6.07, 6.45) is 0. The largest absolute Gasteiger partial charge is 0.497 e. The van der Waals surface area contributed by atoms with Gasteiger partial charge < -0.3 is 19.3 Å². The Morgan fingerprint density at radius 2 is 1.37 bits per heavy atom. The van der Waals surface area contributed by atoms with Crippen molar-refractivity contribution < 1.29 is 23.8 Å². The molecule has 5 nitrogen and oxygen atoms in total. The van der Waals surface area contributed by atoms with Gasteiger partial charge in [0.05, 0.1) is 14.2 Å². The molecule has 0 aromatic heterocycles. The van der Waals surface area contributed by atoms with E-state index in [1.165, 1.54) is 13.2 Å². The van der Waals surface area contributed by atoms with Crippen LogP contribution >= 0.6 is 7.60 Å². The number of benzene rings is 3. The fourth-order valence-electron chi connectivity index (χ4n) is 3.13. The third-order valence-corrected chi connectivity index (χ3v) is 5.41. The van der Waals surface area contributed by atoms with Gasteiger partial charge in [0.15, 0.2) is 0 Å². The minimum atomic E-state index is -4.48. The predicted molar refractivity (Wildman–Crippen MR) is 105 cm³/mol. The molecule has 0 aliphatic rings. The van der Waals surface area contributed by atoms with E-state index in [4.69, 9.17) is 9.47 Å². The lowest BCUT2D eigenvalue weighted by atomic mass is 9.85. The summed E-state index contributed by atoms with van der Waals surface area (Å²) < 4.78 is 22.3. The standard InChI is InChI=1S/C21H21O5P/c1-25-18-11-8-16(9-12-18)21(15-6-4-3-5-7-15)17-10-13-19(26-2)20(14-17)27(22,23)24/h3-14,21H,1-2H3,(H2,22,23,24). The number of methoxy groups -OCH3 is 2. The summed E-state index contributed by atoms with van der Waals surface area (Å²) in [5.41, 5.74) is 2.78. The summed E-state index contributed by atoms with van der Waals surface area (Å²) in [7, 11) is -1.47. The summed E-state index contributed by atoms with van der Waals surface area (Å²) in [6.45, 7) is 0. The van der Waals surface area contributed by atoms with E-state index in [2.05, 4.69) is 0 Å². The van der Waals surface area contributed by atoms with Crippen LogP contribution in [0, 0.1) is 0 Å². The lowest BCUT2D eigenvalue weighted by Crippen LogP contribution is -2.12. The average molecular weight is 384 g/mol. The molecular weight excluding hydrogens is 363 g/mol. The fraction of sp³-hybridized carbons (Fsp3) is 0.143. The highest BCUT2D eigenvalue weighted by atomic mass is 31.2. The molecule has 0 amide bonds. The van der Waals surface area contributed by atoms with Gasteiger partial charge in [-0.15, -0.1) is 0 Å². The summed E-state index contributed by atoms with van der Waals surface area (Å²) in [4.78, 5) is 19.5. The van der Waals surface area contributed by atoms with Crippen LogP contribution in [0.5, 0.6) is 11.5 Å². The van der Waals surface area contributed by atoms with Crippen LogP contribution in [0.4, 0.5) is 0 Å². The predicted octanol–water partition coefficient (Wildman–Crippen LogP) is 3.69.